The largest absolute Gasteiger partial charge is 0.479 e. The first-order valence-corrected chi connectivity index (χ1v) is 5.61. The van der Waals surface area contributed by atoms with Crippen molar-refractivity contribution in [3.63, 3.8) is 0 Å². The molecule has 0 aliphatic carbocycles. The van der Waals surface area contributed by atoms with E-state index in [-0.39, 0.29) is 6.42 Å². The Bertz CT molecular complexity index is 551. The molecule has 0 fully saturated rings. The molecule has 2 rings (SSSR count). The van der Waals surface area contributed by atoms with Crippen molar-refractivity contribution in [1.29, 1.82) is 0 Å². The number of hydrogen-bond acceptors (Lipinski definition) is 4. The maximum Gasteiger partial charge on any atom is 0.330 e. The smallest absolute Gasteiger partial charge is 0.330 e. The van der Waals surface area contributed by atoms with E-state index in [0.717, 1.165) is 0 Å². The second kappa shape index (κ2) is 5.81. The van der Waals surface area contributed by atoms with Gasteiger partial charge in [-0.3, -0.25) is 4.79 Å². The van der Waals surface area contributed by atoms with Crippen molar-refractivity contribution >= 4 is 11.9 Å². The number of carbonyl (C=O) groups excluding carboxylic acids is 1. The van der Waals surface area contributed by atoms with Gasteiger partial charge < -0.3 is 14.8 Å². The summed E-state index contributed by atoms with van der Waals surface area (Å²) in [5.74, 6) is -1.54. The Balaban J connectivity index is 2.05. The first-order valence-electron chi connectivity index (χ1n) is 5.61. The third-order valence-electron chi connectivity index (χ3n) is 2.51. The quantitative estimate of drug-likeness (QED) is 0.841. The van der Waals surface area contributed by atoms with Crippen LogP contribution in [0.1, 0.15) is 17.3 Å². The lowest BCUT2D eigenvalue weighted by atomic mass is 10.1. The summed E-state index contributed by atoms with van der Waals surface area (Å²) in [6, 6.07) is 7.44. The molecule has 0 saturated heterocycles. The number of carboxylic acid groups (broad SMARTS) is 1. The third-order valence-corrected chi connectivity index (χ3v) is 2.51. The van der Waals surface area contributed by atoms with Gasteiger partial charge in [0.1, 0.15) is 6.26 Å². The molecule has 1 aromatic heterocycles. The Morgan fingerprint density at radius 3 is 2.63 bits per heavy atom. The first-order chi connectivity index (χ1) is 9.16. The van der Waals surface area contributed by atoms with Crippen LogP contribution in [0, 0.1) is 0 Å². The van der Waals surface area contributed by atoms with Gasteiger partial charge in [0, 0.05) is 0 Å². The highest BCUT2D eigenvalue weighted by atomic mass is 16.4. The highest BCUT2D eigenvalue weighted by molar-refractivity contribution is 5.85. The van der Waals surface area contributed by atoms with E-state index in [9.17, 15) is 9.59 Å². The molecule has 2 N–H and O–H groups in total. The van der Waals surface area contributed by atoms with Crippen molar-refractivity contribution in [3.8, 4) is 0 Å². The number of nitrogens with zero attached hydrogens (tertiary/aromatic N) is 1. The van der Waals surface area contributed by atoms with Gasteiger partial charge in [-0.25, -0.2) is 9.78 Å². The molecule has 0 aliphatic rings. The molecular formula is C13H12N2O4. The zero-order valence-corrected chi connectivity index (χ0v) is 9.95. The van der Waals surface area contributed by atoms with E-state index in [1.54, 1.807) is 30.3 Å². The van der Waals surface area contributed by atoms with E-state index in [4.69, 9.17) is 9.52 Å². The number of rotatable bonds is 5. The Morgan fingerprint density at radius 1 is 1.32 bits per heavy atom. The van der Waals surface area contributed by atoms with Gasteiger partial charge in [0.05, 0.1) is 12.1 Å². The SMILES string of the molecule is O=C(Cc1cocn1)NC(C(=O)O)c1ccccc1. The van der Waals surface area contributed by atoms with Crippen molar-refractivity contribution in [2.45, 2.75) is 12.5 Å². The lowest BCUT2D eigenvalue weighted by Crippen LogP contribution is -2.34. The van der Waals surface area contributed by atoms with Gasteiger partial charge in [-0.15, -0.1) is 0 Å². The van der Waals surface area contributed by atoms with Gasteiger partial charge in [0.15, 0.2) is 12.4 Å². The fourth-order valence-electron chi connectivity index (χ4n) is 1.63. The molecule has 0 bridgehead atoms. The van der Waals surface area contributed by atoms with Gasteiger partial charge in [0.25, 0.3) is 0 Å². The van der Waals surface area contributed by atoms with Crippen molar-refractivity contribution in [3.05, 3.63) is 54.2 Å². The second-order valence-corrected chi connectivity index (χ2v) is 3.91. The van der Waals surface area contributed by atoms with Gasteiger partial charge >= 0.3 is 5.97 Å². The molecule has 1 atom stereocenters. The number of oxazole rings is 1. The molecule has 0 aliphatic heterocycles. The molecule has 1 aromatic carbocycles. The summed E-state index contributed by atoms with van der Waals surface area (Å²) in [6.07, 6.45) is 2.54. The minimum atomic E-state index is -1.11. The summed E-state index contributed by atoms with van der Waals surface area (Å²) in [5, 5.41) is 11.6. The monoisotopic (exact) mass is 260 g/mol. The van der Waals surface area contributed by atoms with Crippen molar-refractivity contribution < 1.29 is 19.1 Å². The molecule has 1 amide bonds. The molecule has 98 valence electrons. The van der Waals surface area contributed by atoms with Crippen molar-refractivity contribution in [2.24, 2.45) is 0 Å². The standard InChI is InChI=1S/C13H12N2O4/c16-11(6-10-7-19-8-14-10)15-12(13(17)18)9-4-2-1-3-5-9/h1-5,7-8,12H,6H2,(H,15,16)(H,17,18). The van der Waals surface area contributed by atoms with Crippen LogP contribution in [0.5, 0.6) is 0 Å². The van der Waals surface area contributed by atoms with E-state index in [2.05, 4.69) is 10.3 Å². The van der Waals surface area contributed by atoms with Gasteiger partial charge in [-0.2, -0.15) is 0 Å². The van der Waals surface area contributed by atoms with Crippen LogP contribution in [-0.2, 0) is 16.0 Å². The highest BCUT2D eigenvalue weighted by Gasteiger charge is 2.22. The van der Waals surface area contributed by atoms with E-state index in [0.29, 0.717) is 11.3 Å². The summed E-state index contributed by atoms with van der Waals surface area (Å²) in [4.78, 5) is 26.7. The average Bonchev–Trinajstić information content (AvgIpc) is 2.89. The third kappa shape index (κ3) is 3.41. The van der Waals surface area contributed by atoms with E-state index in [1.807, 2.05) is 0 Å². The molecule has 6 heteroatoms. The number of amides is 1. The molecule has 0 radical (unpaired) electrons. The number of carboxylic acids is 1. The lowest BCUT2D eigenvalue weighted by molar-refractivity contribution is -0.142. The van der Waals surface area contributed by atoms with Crippen LogP contribution < -0.4 is 5.32 Å². The molecule has 19 heavy (non-hydrogen) atoms. The zero-order chi connectivity index (χ0) is 13.7. The minimum Gasteiger partial charge on any atom is -0.479 e. The molecule has 0 spiro atoms. The summed E-state index contributed by atoms with van der Waals surface area (Å²) in [6.45, 7) is 0. The summed E-state index contributed by atoms with van der Waals surface area (Å²) >= 11 is 0. The molecule has 1 unspecified atom stereocenters. The Hall–Kier alpha value is -2.63. The van der Waals surface area contributed by atoms with Crippen LogP contribution in [0.4, 0.5) is 0 Å². The summed E-state index contributed by atoms with van der Waals surface area (Å²) in [7, 11) is 0. The number of hydrogen-bond donors (Lipinski definition) is 2. The lowest BCUT2D eigenvalue weighted by Gasteiger charge is -2.14. The van der Waals surface area contributed by atoms with Crippen LogP contribution in [0.15, 0.2) is 47.4 Å². The van der Waals surface area contributed by atoms with Crippen molar-refractivity contribution in [2.75, 3.05) is 0 Å². The Labute approximate surface area is 109 Å². The number of aromatic nitrogens is 1. The molecule has 2 aromatic rings. The first kappa shape index (κ1) is 12.8. The van der Waals surface area contributed by atoms with Crippen molar-refractivity contribution in [1.82, 2.24) is 10.3 Å². The van der Waals surface area contributed by atoms with Crippen LogP contribution in [-0.4, -0.2) is 22.0 Å². The number of carbonyl (C=O) groups is 2. The Morgan fingerprint density at radius 2 is 2.05 bits per heavy atom. The Kier molecular flexibility index (Phi) is 3.92. The molecule has 6 nitrogen and oxygen atoms in total. The van der Waals surface area contributed by atoms with Crippen LogP contribution in [0.2, 0.25) is 0 Å². The number of aliphatic carboxylic acids is 1. The highest BCUT2D eigenvalue weighted by Crippen LogP contribution is 2.12. The van der Waals surface area contributed by atoms with Crippen LogP contribution in [0.3, 0.4) is 0 Å². The van der Waals surface area contributed by atoms with E-state index < -0.39 is 17.9 Å². The van der Waals surface area contributed by atoms with Crippen LogP contribution in [0.25, 0.3) is 0 Å². The molecule has 1 heterocycles. The number of benzene rings is 1. The zero-order valence-electron chi connectivity index (χ0n) is 9.95. The number of nitrogens with one attached hydrogen (secondary N) is 1. The van der Waals surface area contributed by atoms with Crippen LogP contribution >= 0.6 is 0 Å². The normalized spacial score (nSPS) is 11.8. The maximum absolute atomic E-state index is 11.7. The van der Waals surface area contributed by atoms with E-state index in [1.165, 1.54) is 12.7 Å². The van der Waals surface area contributed by atoms with E-state index >= 15 is 0 Å². The summed E-state index contributed by atoms with van der Waals surface area (Å²) in [5.41, 5.74) is 0.971. The predicted molar refractivity (Wildman–Crippen MR) is 65.2 cm³/mol. The summed E-state index contributed by atoms with van der Waals surface area (Å²) < 4.78 is 4.75. The fourth-order valence-corrected chi connectivity index (χ4v) is 1.63. The van der Waals surface area contributed by atoms with Gasteiger partial charge in [0.2, 0.25) is 5.91 Å². The topological polar surface area (TPSA) is 92.4 Å². The molecule has 0 saturated carbocycles. The van der Waals surface area contributed by atoms with Gasteiger partial charge in [-0.05, 0) is 5.56 Å². The minimum absolute atomic E-state index is 0.0207. The fraction of sp³-hybridized carbons (Fsp3) is 0.154. The molecular weight excluding hydrogens is 248 g/mol. The average molecular weight is 260 g/mol. The second-order valence-electron chi connectivity index (χ2n) is 3.91. The predicted octanol–water partition coefficient (Wildman–Crippen LogP) is 1.16. The van der Waals surface area contributed by atoms with Gasteiger partial charge in [-0.1, -0.05) is 30.3 Å². The maximum atomic E-state index is 11.7.